The van der Waals surface area contributed by atoms with Crippen LogP contribution < -0.4 is 5.32 Å². The molecule has 0 bridgehead atoms. The number of pyridine rings is 1. The first-order valence-electron chi connectivity index (χ1n) is 6.98. The SMILES string of the molecule is Cc1ccc(NC(=O)c2c(C)nc3ccc(Br)cn23)cc1C. The molecule has 3 aromatic rings. The molecule has 0 unspecified atom stereocenters. The van der Waals surface area contributed by atoms with Gasteiger partial charge in [-0.15, -0.1) is 0 Å². The summed E-state index contributed by atoms with van der Waals surface area (Å²) in [4.78, 5) is 17.1. The van der Waals surface area contributed by atoms with E-state index in [9.17, 15) is 4.79 Å². The van der Waals surface area contributed by atoms with E-state index in [0.717, 1.165) is 21.4 Å². The first-order valence-corrected chi connectivity index (χ1v) is 7.78. The molecule has 3 rings (SSSR count). The zero-order valence-corrected chi connectivity index (χ0v) is 14.2. The van der Waals surface area contributed by atoms with E-state index in [1.54, 1.807) is 4.40 Å². The molecule has 0 radical (unpaired) electrons. The molecule has 0 aliphatic rings. The lowest BCUT2D eigenvalue weighted by Gasteiger charge is -2.08. The molecule has 0 atom stereocenters. The first kappa shape index (κ1) is 14.8. The maximum Gasteiger partial charge on any atom is 0.274 e. The van der Waals surface area contributed by atoms with Crippen LogP contribution in [0.4, 0.5) is 5.69 Å². The molecule has 0 saturated carbocycles. The van der Waals surface area contributed by atoms with E-state index in [1.807, 2.05) is 57.3 Å². The molecule has 0 aliphatic carbocycles. The van der Waals surface area contributed by atoms with Crippen LogP contribution in [0, 0.1) is 20.8 Å². The third kappa shape index (κ3) is 2.64. The molecule has 2 heterocycles. The zero-order valence-electron chi connectivity index (χ0n) is 12.6. The monoisotopic (exact) mass is 357 g/mol. The predicted octanol–water partition coefficient (Wildman–Crippen LogP) is 4.27. The third-order valence-electron chi connectivity index (χ3n) is 3.74. The largest absolute Gasteiger partial charge is 0.321 e. The Kier molecular flexibility index (Phi) is 3.74. The normalized spacial score (nSPS) is 10.9. The second-order valence-corrected chi connectivity index (χ2v) is 6.29. The summed E-state index contributed by atoms with van der Waals surface area (Å²) in [5.41, 5.74) is 5.15. The highest BCUT2D eigenvalue weighted by atomic mass is 79.9. The van der Waals surface area contributed by atoms with Crippen LogP contribution >= 0.6 is 15.9 Å². The molecule has 0 saturated heterocycles. The predicted molar refractivity (Wildman–Crippen MR) is 91.5 cm³/mol. The number of hydrogen-bond donors (Lipinski definition) is 1. The van der Waals surface area contributed by atoms with E-state index in [2.05, 4.69) is 26.2 Å². The summed E-state index contributed by atoms with van der Waals surface area (Å²) in [6.45, 7) is 5.92. The van der Waals surface area contributed by atoms with Crippen LogP contribution in [0.15, 0.2) is 41.0 Å². The lowest BCUT2D eigenvalue weighted by atomic mass is 10.1. The van der Waals surface area contributed by atoms with E-state index in [-0.39, 0.29) is 5.91 Å². The number of halogens is 1. The summed E-state index contributed by atoms with van der Waals surface area (Å²) in [5.74, 6) is -0.161. The number of nitrogens with one attached hydrogen (secondary N) is 1. The smallest absolute Gasteiger partial charge is 0.274 e. The number of hydrogen-bond acceptors (Lipinski definition) is 2. The van der Waals surface area contributed by atoms with Crippen LogP contribution in [-0.4, -0.2) is 15.3 Å². The van der Waals surface area contributed by atoms with Gasteiger partial charge in [0.15, 0.2) is 0 Å². The van der Waals surface area contributed by atoms with Gasteiger partial charge in [0.25, 0.3) is 5.91 Å². The minimum Gasteiger partial charge on any atom is -0.321 e. The molecular weight excluding hydrogens is 342 g/mol. The highest BCUT2D eigenvalue weighted by Gasteiger charge is 2.17. The second kappa shape index (κ2) is 5.57. The average molecular weight is 358 g/mol. The number of benzene rings is 1. The highest BCUT2D eigenvalue weighted by molar-refractivity contribution is 9.10. The number of imidazole rings is 1. The zero-order chi connectivity index (χ0) is 15.9. The van der Waals surface area contributed by atoms with Crippen molar-refractivity contribution in [3.63, 3.8) is 0 Å². The maximum atomic E-state index is 12.6. The molecule has 0 aliphatic heterocycles. The Hall–Kier alpha value is -2.14. The van der Waals surface area contributed by atoms with Gasteiger partial charge < -0.3 is 5.32 Å². The van der Waals surface area contributed by atoms with E-state index < -0.39 is 0 Å². The molecule has 5 heteroatoms. The minimum absolute atomic E-state index is 0.161. The fraction of sp³-hybridized carbons (Fsp3) is 0.176. The standard InChI is InChI=1S/C17H16BrN3O/c1-10-4-6-14(8-11(10)2)20-17(22)16-12(3)19-15-7-5-13(18)9-21(15)16/h4-9H,1-3H3,(H,20,22). The minimum atomic E-state index is -0.161. The van der Waals surface area contributed by atoms with Crippen molar-refractivity contribution in [1.29, 1.82) is 0 Å². The molecule has 1 aromatic carbocycles. The van der Waals surface area contributed by atoms with Gasteiger partial charge in [-0.05, 0) is 72.1 Å². The van der Waals surface area contributed by atoms with Gasteiger partial charge in [-0.3, -0.25) is 9.20 Å². The molecule has 22 heavy (non-hydrogen) atoms. The summed E-state index contributed by atoms with van der Waals surface area (Å²) < 4.78 is 2.70. The van der Waals surface area contributed by atoms with Crippen molar-refractivity contribution in [3.8, 4) is 0 Å². The summed E-state index contributed by atoms with van der Waals surface area (Å²) in [6.07, 6.45) is 1.85. The van der Waals surface area contributed by atoms with E-state index in [0.29, 0.717) is 11.4 Å². The van der Waals surface area contributed by atoms with Crippen LogP contribution in [-0.2, 0) is 0 Å². The quantitative estimate of drug-likeness (QED) is 0.744. The number of rotatable bonds is 2. The van der Waals surface area contributed by atoms with Crippen molar-refractivity contribution in [2.45, 2.75) is 20.8 Å². The Morgan fingerprint density at radius 2 is 1.91 bits per heavy atom. The van der Waals surface area contributed by atoms with Crippen molar-refractivity contribution in [1.82, 2.24) is 9.38 Å². The second-order valence-electron chi connectivity index (χ2n) is 5.37. The van der Waals surface area contributed by atoms with Gasteiger partial charge in [0.1, 0.15) is 11.3 Å². The third-order valence-corrected chi connectivity index (χ3v) is 4.21. The first-order chi connectivity index (χ1) is 10.5. The van der Waals surface area contributed by atoms with Gasteiger partial charge in [0.2, 0.25) is 0 Å². The lowest BCUT2D eigenvalue weighted by molar-refractivity contribution is 0.102. The number of anilines is 1. The number of aryl methyl sites for hydroxylation is 3. The summed E-state index contributed by atoms with van der Waals surface area (Å²) in [7, 11) is 0. The van der Waals surface area contributed by atoms with E-state index in [1.165, 1.54) is 5.56 Å². The summed E-state index contributed by atoms with van der Waals surface area (Å²) in [5, 5.41) is 2.95. The fourth-order valence-electron chi connectivity index (χ4n) is 2.42. The Morgan fingerprint density at radius 3 is 2.64 bits per heavy atom. The lowest BCUT2D eigenvalue weighted by Crippen LogP contribution is -2.15. The molecule has 1 amide bonds. The Balaban J connectivity index is 2.00. The Labute approximate surface area is 137 Å². The summed E-state index contributed by atoms with van der Waals surface area (Å²) in [6, 6.07) is 9.68. The molecule has 0 fully saturated rings. The molecule has 112 valence electrons. The number of nitrogens with zero attached hydrogens (tertiary/aromatic N) is 2. The molecule has 1 N–H and O–H groups in total. The van der Waals surface area contributed by atoms with Gasteiger partial charge in [0.05, 0.1) is 5.69 Å². The van der Waals surface area contributed by atoms with Crippen LogP contribution in [0.5, 0.6) is 0 Å². The number of carbonyl (C=O) groups is 1. The van der Waals surface area contributed by atoms with Crippen LogP contribution in [0.2, 0.25) is 0 Å². The van der Waals surface area contributed by atoms with Crippen molar-refractivity contribution >= 4 is 33.2 Å². The number of amides is 1. The molecular formula is C17H16BrN3O. The Bertz CT molecular complexity index is 883. The Morgan fingerprint density at radius 1 is 1.14 bits per heavy atom. The van der Waals surface area contributed by atoms with Crippen LogP contribution in [0.25, 0.3) is 5.65 Å². The van der Waals surface area contributed by atoms with Gasteiger partial charge >= 0.3 is 0 Å². The average Bonchev–Trinajstić information content (AvgIpc) is 2.78. The number of carbonyl (C=O) groups excluding carboxylic acids is 1. The maximum absolute atomic E-state index is 12.6. The van der Waals surface area contributed by atoms with Gasteiger partial charge in [-0.2, -0.15) is 0 Å². The van der Waals surface area contributed by atoms with Gasteiger partial charge in [-0.1, -0.05) is 6.07 Å². The van der Waals surface area contributed by atoms with Crippen molar-refractivity contribution in [2.24, 2.45) is 0 Å². The van der Waals surface area contributed by atoms with Crippen molar-refractivity contribution in [2.75, 3.05) is 5.32 Å². The van der Waals surface area contributed by atoms with Crippen LogP contribution in [0.1, 0.15) is 27.3 Å². The van der Waals surface area contributed by atoms with E-state index in [4.69, 9.17) is 0 Å². The van der Waals surface area contributed by atoms with E-state index >= 15 is 0 Å². The van der Waals surface area contributed by atoms with Gasteiger partial charge in [-0.25, -0.2) is 4.98 Å². The van der Waals surface area contributed by atoms with Crippen molar-refractivity contribution in [3.05, 3.63) is 63.5 Å². The van der Waals surface area contributed by atoms with Crippen LogP contribution in [0.3, 0.4) is 0 Å². The van der Waals surface area contributed by atoms with Gasteiger partial charge in [0, 0.05) is 16.4 Å². The number of aromatic nitrogens is 2. The highest BCUT2D eigenvalue weighted by Crippen LogP contribution is 2.19. The van der Waals surface area contributed by atoms with Crippen molar-refractivity contribution < 1.29 is 4.79 Å². The number of fused-ring (bicyclic) bond motifs is 1. The molecule has 4 nitrogen and oxygen atoms in total. The molecule has 2 aromatic heterocycles. The summed E-state index contributed by atoms with van der Waals surface area (Å²) >= 11 is 3.43. The fourth-order valence-corrected chi connectivity index (χ4v) is 2.76. The molecule has 0 spiro atoms. The topological polar surface area (TPSA) is 46.4 Å².